The number of benzene rings is 1. The quantitative estimate of drug-likeness (QED) is 0.611. The average Bonchev–Trinajstić information content (AvgIpc) is 2.38. The van der Waals surface area contributed by atoms with Gasteiger partial charge >= 0.3 is 0 Å². The van der Waals surface area contributed by atoms with E-state index in [2.05, 4.69) is 0 Å². The van der Waals surface area contributed by atoms with E-state index in [1.165, 1.54) is 6.07 Å². The van der Waals surface area contributed by atoms with E-state index in [-0.39, 0.29) is 5.82 Å². The van der Waals surface area contributed by atoms with Crippen molar-refractivity contribution in [3.63, 3.8) is 0 Å². The molecular formula is C10H9ClFN. The van der Waals surface area contributed by atoms with E-state index in [0.717, 1.165) is 10.9 Å². The summed E-state index contributed by atoms with van der Waals surface area (Å²) in [6, 6.07) is 5.01. The first-order chi connectivity index (χ1) is 6.11. The molecule has 0 saturated heterocycles. The van der Waals surface area contributed by atoms with E-state index in [1.54, 1.807) is 23.7 Å². The molecule has 0 bridgehead atoms. The predicted octanol–water partition coefficient (Wildman–Crippen LogP) is 3.28. The summed E-state index contributed by atoms with van der Waals surface area (Å²) in [4.78, 5) is 0. The third-order valence-electron chi connectivity index (χ3n) is 2.31. The molecule has 0 saturated carbocycles. The fourth-order valence-corrected chi connectivity index (χ4v) is 1.72. The van der Waals surface area contributed by atoms with Gasteiger partial charge in [-0.05, 0) is 24.6 Å². The van der Waals surface area contributed by atoms with Gasteiger partial charge in [0.15, 0.2) is 0 Å². The molecule has 2 aromatic rings. The zero-order valence-electron chi connectivity index (χ0n) is 7.44. The first-order valence-electron chi connectivity index (χ1n) is 4.01. The van der Waals surface area contributed by atoms with Gasteiger partial charge in [0.1, 0.15) is 11.0 Å². The summed E-state index contributed by atoms with van der Waals surface area (Å²) in [6.45, 7) is 1.94. The molecule has 0 amide bonds. The highest BCUT2D eigenvalue weighted by Gasteiger charge is 2.09. The molecule has 0 fully saturated rings. The smallest absolute Gasteiger partial charge is 0.147 e. The van der Waals surface area contributed by atoms with Crippen molar-refractivity contribution in [2.75, 3.05) is 0 Å². The van der Waals surface area contributed by atoms with Crippen LogP contribution in [-0.2, 0) is 7.05 Å². The maximum absolute atomic E-state index is 13.4. The maximum Gasteiger partial charge on any atom is 0.147 e. The number of aryl methyl sites for hydroxylation is 2. The Morgan fingerprint density at radius 2 is 2.08 bits per heavy atom. The summed E-state index contributed by atoms with van der Waals surface area (Å²) in [7, 11) is 1.76. The molecule has 0 N–H and O–H groups in total. The van der Waals surface area contributed by atoms with Crippen molar-refractivity contribution in [1.29, 1.82) is 0 Å². The van der Waals surface area contributed by atoms with Crippen molar-refractivity contribution >= 4 is 22.5 Å². The van der Waals surface area contributed by atoms with Gasteiger partial charge in [0.2, 0.25) is 0 Å². The molecule has 0 aliphatic rings. The Kier molecular flexibility index (Phi) is 1.81. The monoisotopic (exact) mass is 197 g/mol. The number of nitrogens with zero attached hydrogens (tertiary/aromatic N) is 1. The molecule has 0 unspecified atom stereocenters. The van der Waals surface area contributed by atoms with Crippen molar-refractivity contribution < 1.29 is 4.39 Å². The third-order valence-corrected chi connectivity index (χ3v) is 2.67. The first-order valence-corrected chi connectivity index (χ1v) is 4.39. The van der Waals surface area contributed by atoms with E-state index in [9.17, 15) is 4.39 Å². The van der Waals surface area contributed by atoms with Crippen LogP contribution in [0.15, 0.2) is 18.2 Å². The van der Waals surface area contributed by atoms with Gasteiger partial charge < -0.3 is 4.57 Å². The summed E-state index contributed by atoms with van der Waals surface area (Å²) in [5, 5.41) is 1.44. The normalized spacial score (nSPS) is 11.1. The lowest BCUT2D eigenvalue weighted by Crippen LogP contribution is -1.90. The SMILES string of the molecule is Cc1ccc(F)c2c1cc(Cl)n2C. The van der Waals surface area contributed by atoms with Crippen LogP contribution >= 0.6 is 11.6 Å². The molecular weight excluding hydrogens is 189 g/mol. The van der Waals surface area contributed by atoms with Crippen LogP contribution in [0.1, 0.15) is 5.56 Å². The largest absolute Gasteiger partial charge is 0.332 e. The van der Waals surface area contributed by atoms with Gasteiger partial charge in [-0.1, -0.05) is 17.7 Å². The second-order valence-corrected chi connectivity index (χ2v) is 3.54. The lowest BCUT2D eigenvalue weighted by atomic mass is 10.1. The van der Waals surface area contributed by atoms with E-state index in [1.807, 2.05) is 6.92 Å². The highest BCUT2D eigenvalue weighted by Crippen LogP contribution is 2.27. The van der Waals surface area contributed by atoms with Crippen molar-refractivity contribution in [2.45, 2.75) is 6.92 Å². The van der Waals surface area contributed by atoms with Crippen LogP contribution in [-0.4, -0.2) is 4.57 Å². The highest BCUT2D eigenvalue weighted by molar-refractivity contribution is 6.31. The number of hydrogen-bond donors (Lipinski definition) is 0. The number of hydrogen-bond acceptors (Lipinski definition) is 0. The lowest BCUT2D eigenvalue weighted by molar-refractivity contribution is 0.631. The minimum absolute atomic E-state index is 0.227. The van der Waals surface area contributed by atoms with E-state index in [4.69, 9.17) is 11.6 Å². The Hall–Kier alpha value is -1.02. The molecule has 1 nitrogen and oxygen atoms in total. The fourth-order valence-electron chi connectivity index (χ4n) is 1.53. The zero-order valence-corrected chi connectivity index (χ0v) is 8.19. The molecule has 0 aliphatic heterocycles. The molecule has 1 aromatic carbocycles. The molecule has 68 valence electrons. The minimum Gasteiger partial charge on any atom is -0.332 e. The summed E-state index contributed by atoms with van der Waals surface area (Å²) >= 11 is 5.89. The highest BCUT2D eigenvalue weighted by atomic mass is 35.5. The van der Waals surface area contributed by atoms with Crippen LogP contribution < -0.4 is 0 Å². The fraction of sp³-hybridized carbons (Fsp3) is 0.200. The van der Waals surface area contributed by atoms with Crippen molar-refractivity contribution in [3.05, 3.63) is 34.7 Å². The molecule has 0 aliphatic carbocycles. The number of rotatable bonds is 0. The molecule has 0 spiro atoms. The molecule has 3 heteroatoms. The second-order valence-electron chi connectivity index (χ2n) is 3.15. The maximum atomic E-state index is 13.4. The third kappa shape index (κ3) is 1.13. The molecule has 1 heterocycles. The zero-order chi connectivity index (χ0) is 9.59. The van der Waals surface area contributed by atoms with Crippen LogP contribution in [0.25, 0.3) is 10.9 Å². The van der Waals surface area contributed by atoms with Crippen LogP contribution in [0.2, 0.25) is 5.15 Å². The summed E-state index contributed by atoms with van der Waals surface area (Å²) in [6.07, 6.45) is 0. The Bertz CT molecular complexity index is 473. The van der Waals surface area contributed by atoms with E-state index in [0.29, 0.717) is 10.7 Å². The molecule has 1 aromatic heterocycles. The number of halogens is 2. The van der Waals surface area contributed by atoms with Crippen molar-refractivity contribution in [2.24, 2.45) is 7.05 Å². The summed E-state index contributed by atoms with van der Waals surface area (Å²) in [5.74, 6) is -0.227. The minimum atomic E-state index is -0.227. The van der Waals surface area contributed by atoms with Gasteiger partial charge in [-0.25, -0.2) is 4.39 Å². The number of fused-ring (bicyclic) bond motifs is 1. The molecule has 2 rings (SSSR count). The Morgan fingerprint density at radius 3 is 2.69 bits per heavy atom. The lowest BCUT2D eigenvalue weighted by Gasteiger charge is -2.00. The molecule has 0 atom stereocenters. The van der Waals surface area contributed by atoms with Gasteiger partial charge in [0, 0.05) is 12.4 Å². The van der Waals surface area contributed by atoms with Crippen molar-refractivity contribution in [1.82, 2.24) is 4.57 Å². The Balaban J connectivity index is 3.00. The van der Waals surface area contributed by atoms with Crippen LogP contribution in [0, 0.1) is 12.7 Å². The van der Waals surface area contributed by atoms with E-state index < -0.39 is 0 Å². The van der Waals surface area contributed by atoms with Gasteiger partial charge in [0.25, 0.3) is 0 Å². The topological polar surface area (TPSA) is 4.93 Å². The summed E-state index contributed by atoms with van der Waals surface area (Å²) < 4.78 is 15.0. The average molecular weight is 198 g/mol. The summed E-state index contributed by atoms with van der Waals surface area (Å²) in [5.41, 5.74) is 1.61. The van der Waals surface area contributed by atoms with Gasteiger partial charge in [-0.2, -0.15) is 0 Å². The molecule has 13 heavy (non-hydrogen) atoms. The van der Waals surface area contributed by atoms with Crippen LogP contribution in [0.3, 0.4) is 0 Å². The van der Waals surface area contributed by atoms with Gasteiger partial charge in [0.05, 0.1) is 5.52 Å². The number of aromatic nitrogens is 1. The van der Waals surface area contributed by atoms with Crippen LogP contribution in [0.4, 0.5) is 4.39 Å². The van der Waals surface area contributed by atoms with Gasteiger partial charge in [-0.3, -0.25) is 0 Å². The molecule has 0 radical (unpaired) electrons. The Morgan fingerprint density at radius 1 is 1.38 bits per heavy atom. The van der Waals surface area contributed by atoms with Crippen molar-refractivity contribution in [3.8, 4) is 0 Å². The van der Waals surface area contributed by atoms with Gasteiger partial charge in [-0.15, -0.1) is 0 Å². The van der Waals surface area contributed by atoms with E-state index >= 15 is 0 Å². The standard InChI is InChI=1S/C10H9ClFN/c1-6-3-4-8(12)10-7(6)5-9(11)13(10)2/h3-5H,1-2H3. The first kappa shape index (κ1) is 8.57. The Labute approximate surface area is 80.7 Å². The second kappa shape index (κ2) is 2.74. The predicted molar refractivity (Wildman–Crippen MR) is 52.6 cm³/mol. The van der Waals surface area contributed by atoms with Crippen LogP contribution in [0.5, 0.6) is 0 Å².